The number of hydrogen-bond donors (Lipinski definition) is 0. The normalized spacial score (nSPS) is 14.2. The summed E-state index contributed by atoms with van der Waals surface area (Å²) in [4.78, 5) is 5.13. The molecule has 0 fully saturated rings. The number of hydrogen-bond acceptors (Lipinski definition) is 3. The standard InChI is InChI=1S/C63H51BN2S/c1-61(2,3)40-29-32-44(33-30-40)66-56-39-45(65(42-19-9-7-10-20-42)43-21-11-8-12-22-43)38-53-58(56)64(54-36-34-49-48-25-15-18-28-57(48)67-60(49)59(54)66)55-37-41(62(4,5)6)31-35-52(55)63(53)50-26-16-13-23-46(50)47-24-14-17-27-51(47)63/h7-39H,1-6H3. The Bertz CT molecular complexity index is 3530. The van der Waals surface area contributed by atoms with Gasteiger partial charge in [-0.2, -0.15) is 0 Å². The van der Waals surface area contributed by atoms with Crippen LogP contribution in [0, 0.1) is 0 Å². The predicted octanol–water partition coefficient (Wildman–Crippen LogP) is 15.1. The largest absolute Gasteiger partial charge is 0.310 e. The van der Waals surface area contributed by atoms with Crippen LogP contribution in [0.25, 0.3) is 31.3 Å². The lowest BCUT2D eigenvalue weighted by Gasteiger charge is -2.48. The van der Waals surface area contributed by atoms with Gasteiger partial charge in [0, 0.05) is 43.9 Å². The van der Waals surface area contributed by atoms with Crippen molar-refractivity contribution in [2.24, 2.45) is 0 Å². The van der Waals surface area contributed by atoms with Crippen molar-refractivity contribution in [2.75, 3.05) is 9.80 Å². The van der Waals surface area contributed by atoms with Gasteiger partial charge in [-0.25, -0.2) is 0 Å². The molecule has 9 aromatic carbocycles. The van der Waals surface area contributed by atoms with Gasteiger partial charge in [-0.3, -0.25) is 0 Å². The highest BCUT2D eigenvalue weighted by atomic mass is 32.1. The van der Waals surface area contributed by atoms with E-state index in [0.717, 1.165) is 17.1 Å². The molecule has 0 unspecified atom stereocenters. The maximum Gasteiger partial charge on any atom is 0.247 e. The minimum absolute atomic E-state index is 0.0111. The lowest BCUT2D eigenvalue weighted by Crippen LogP contribution is -2.65. The number of nitrogens with zero attached hydrogens (tertiary/aromatic N) is 2. The number of anilines is 6. The summed E-state index contributed by atoms with van der Waals surface area (Å²) in [7, 11) is 0. The van der Waals surface area contributed by atoms with Crippen molar-refractivity contribution in [3.63, 3.8) is 0 Å². The van der Waals surface area contributed by atoms with Crippen molar-refractivity contribution in [3.05, 3.63) is 234 Å². The van der Waals surface area contributed by atoms with Crippen LogP contribution in [0.4, 0.5) is 34.1 Å². The number of benzene rings is 9. The first-order chi connectivity index (χ1) is 32.5. The van der Waals surface area contributed by atoms with E-state index < -0.39 is 5.41 Å². The quantitative estimate of drug-likeness (QED) is 0.163. The molecular formula is C63H51BN2S. The third kappa shape index (κ3) is 5.76. The van der Waals surface area contributed by atoms with E-state index in [1.807, 2.05) is 11.3 Å². The Kier molecular flexibility index (Phi) is 8.65. The molecule has 0 amide bonds. The van der Waals surface area contributed by atoms with Crippen LogP contribution >= 0.6 is 11.3 Å². The molecule has 1 aliphatic carbocycles. The molecule has 10 aromatic rings. The van der Waals surface area contributed by atoms with Crippen molar-refractivity contribution in [1.82, 2.24) is 0 Å². The van der Waals surface area contributed by atoms with Gasteiger partial charge >= 0.3 is 0 Å². The molecule has 0 atom stereocenters. The van der Waals surface area contributed by atoms with Crippen molar-refractivity contribution in [3.8, 4) is 11.1 Å². The van der Waals surface area contributed by atoms with E-state index in [0.29, 0.717) is 0 Å². The predicted molar refractivity (Wildman–Crippen MR) is 288 cm³/mol. The number of thiophene rings is 1. The highest BCUT2D eigenvalue weighted by molar-refractivity contribution is 7.26. The van der Waals surface area contributed by atoms with Gasteiger partial charge in [0.15, 0.2) is 0 Å². The maximum absolute atomic E-state index is 2.66. The molecule has 0 radical (unpaired) electrons. The van der Waals surface area contributed by atoms with E-state index in [1.54, 1.807) is 0 Å². The summed E-state index contributed by atoms with van der Waals surface area (Å²) in [6, 6.07) is 76.4. The minimum Gasteiger partial charge on any atom is -0.310 e. The first-order valence-corrected chi connectivity index (χ1v) is 24.6. The van der Waals surface area contributed by atoms with E-state index in [1.165, 1.54) is 98.1 Å². The highest BCUT2D eigenvalue weighted by Gasteiger charge is 2.55. The minimum atomic E-state index is -0.602. The van der Waals surface area contributed by atoms with Crippen LogP contribution in [0.1, 0.15) is 74.9 Å². The molecule has 0 bridgehead atoms. The van der Waals surface area contributed by atoms with Crippen molar-refractivity contribution in [2.45, 2.75) is 57.8 Å². The maximum atomic E-state index is 2.66. The zero-order valence-electron chi connectivity index (χ0n) is 38.9. The summed E-state index contributed by atoms with van der Waals surface area (Å²) in [6.07, 6.45) is 0. The van der Waals surface area contributed by atoms with Gasteiger partial charge in [0.1, 0.15) is 0 Å². The van der Waals surface area contributed by atoms with E-state index in [4.69, 9.17) is 0 Å². The SMILES string of the molecule is CC(C)(C)c1ccc(N2c3cc(N(c4ccccc4)c4ccccc4)cc4c3B(c3cc(C(C)(C)C)ccc3C43c4ccccc4-c4ccccc43)c3ccc4c(sc5ccccc54)c32)cc1. The second-order valence-corrected chi connectivity index (χ2v) is 21.9. The molecule has 322 valence electrons. The highest BCUT2D eigenvalue weighted by Crippen LogP contribution is 2.59. The van der Waals surface area contributed by atoms with Gasteiger partial charge in [-0.1, -0.05) is 193 Å². The van der Waals surface area contributed by atoms with Crippen molar-refractivity contribution in [1.29, 1.82) is 0 Å². The fraction of sp³-hybridized carbons (Fsp3) is 0.143. The summed E-state index contributed by atoms with van der Waals surface area (Å²) < 4.78 is 2.63. The van der Waals surface area contributed by atoms with Gasteiger partial charge in [-0.05, 0) is 121 Å². The molecule has 67 heavy (non-hydrogen) atoms. The van der Waals surface area contributed by atoms with Crippen molar-refractivity contribution < 1.29 is 0 Å². The van der Waals surface area contributed by atoms with Gasteiger partial charge < -0.3 is 9.80 Å². The molecule has 1 spiro atoms. The summed E-state index contributed by atoms with van der Waals surface area (Å²) in [6.45, 7) is 14.0. The Morgan fingerprint density at radius 3 is 1.69 bits per heavy atom. The summed E-state index contributed by atoms with van der Waals surface area (Å²) in [5.41, 5.74) is 21.2. The Labute approximate surface area is 398 Å². The number of fused-ring (bicyclic) bond motifs is 15. The van der Waals surface area contributed by atoms with E-state index in [-0.39, 0.29) is 17.5 Å². The molecule has 3 aliphatic rings. The molecular weight excluding hydrogens is 828 g/mol. The lowest BCUT2D eigenvalue weighted by molar-refractivity contribution is 0.590. The average Bonchev–Trinajstić information content (AvgIpc) is 3.87. The molecule has 3 heterocycles. The summed E-state index contributed by atoms with van der Waals surface area (Å²) >= 11 is 1.93. The molecule has 4 heteroatoms. The molecule has 0 N–H and O–H groups in total. The molecule has 2 nitrogen and oxygen atoms in total. The van der Waals surface area contributed by atoms with Crippen LogP contribution in [0.2, 0.25) is 0 Å². The van der Waals surface area contributed by atoms with Gasteiger partial charge in [0.05, 0.1) is 15.8 Å². The summed E-state index contributed by atoms with van der Waals surface area (Å²) in [5, 5.41) is 2.62. The van der Waals surface area contributed by atoms with Crippen LogP contribution in [0.5, 0.6) is 0 Å². The van der Waals surface area contributed by atoms with Gasteiger partial charge in [0.25, 0.3) is 0 Å². The molecule has 13 rings (SSSR count). The zero-order chi connectivity index (χ0) is 45.4. The van der Waals surface area contributed by atoms with Gasteiger partial charge in [0.2, 0.25) is 6.71 Å². The topological polar surface area (TPSA) is 6.48 Å². The third-order valence-corrected chi connectivity index (χ3v) is 16.2. The van der Waals surface area contributed by atoms with Crippen molar-refractivity contribution >= 4 is 88.7 Å². The summed E-state index contributed by atoms with van der Waals surface area (Å²) in [5.74, 6) is 0. The molecule has 2 aliphatic heterocycles. The second-order valence-electron chi connectivity index (χ2n) is 20.9. The molecule has 1 aromatic heterocycles. The lowest BCUT2D eigenvalue weighted by atomic mass is 9.29. The number of rotatable bonds is 4. The first kappa shape index (κ1) is 40.2. The van der Waals surface area contributed by atoms with Crippen LogP contribution in [0.3, 0.4) is 0 Å². The Hall–Kier alpha value is -7.14. The van der Waals surface area contributed by atoms with E-state index in [2.05, 4.69) is 252 Å². The van der Waals surface area contributed by atoms with E-state index >= 15 is 0 Å². The monoisotopic (exact) mass is 878 g/mol. The van der Waals surface area contributed by atoms with E-state index in [9.17, 15) is 0 Å². The Morgan fingerprint density at radius 1 is 0.463 bits per heavy atom. The fourth-order valence-electron chi connectivity index (χ4n) is 12.0. The fourth-order valence-corrected chi connectivity index (χ4v) is 13.2. The Morgan fingerprint density at radius 2 is 1.04 bits per heavy atom. The average molecular weight is 879 g/mol. The smallest absolute Gasteiger partial charge is 0.247 e. The first-order valence-electron chi connectivity index (χ1n) is 23.8. The van der Waals surface area contributed by atoms with Crippen LogP contribution in [-0.4, -0.2) is 6.71 Å². The van der Waals surface area contributed by atoms with Crippen LogP contribution in [0.15, 0.2) is 200 Å². The second kappa shape index (κ2) is 14.4. The molecule has 0 saturated heterocycles. The van der Waals surface area contributed by atoms with Crippen LogP contribution < -0.4 is 26.2 Å². The number of para-hydroxylation sites is 2. The molecule has 0 saturated carbocycles. The Balaban J connectivity index is 1.24. The zero-order valence-corrected chi connectivity index (χ0v) is 39.7. The van der Waals surface area contributed by atoms with Gasteiger partial charge in [-0.15, -0.1) is 11.3 Å². The third-order valence-electron chi connectivity index (χ3n) is 15.0. The van der Waals surface area contributed by atoms with Crippen LogP contribution in [-0.2, 0) is 16.2 Å².